The van der Waals surface area contributed by atoms with E-state index in [-0.39, 0.29) is 34.7 Å². The number of nitrogens with zero attached hydrogens (tertiary/aromatic N) is 3. The number of hydrogen-bond donors (Lipinski definition) is 1. The molecule has 0 spiro atoms. The van der Waals surface area contributed by atoms with Crippen LogP contribution in [0, 0.1) is 16.0 Å². The lowest BCUT2D eigenvalue weighted by Gasteiger charge is -2.20. The monoisotopic (exact) mass is 488 g/mol. The molecule has 0 radical (unpaired) electrons. The second-order valence-electron chi connectivity index (χ2n) is 7.47. The molecule has 11 nitrogen and oxygen atoms in total. The van der Waals surface area contributed by atoms with Crippen molar-refractivity contribution in [2.24, 2.45) is 5.92 Å². The molecular weight excluding hydrogens is 468 g/mol. The van der Waals surface area contributed by atoms with Gasteiger partial charge in [0.05, 0.1) is 22.6 Å². The number of carbonyl (C=O) groups is 2. The predicted octanol–water partition coefficient (Wildman–Crippen LogP) is 3.80. The summed E-state index contributed by atoms with van der Waals surface area (Å²) in [5.41, 5.74) is 0.396. The fourth-order valence-electron chi connectivity index (χ4n) is 2.93. The number of benzene rings is 2. The smallest absolute Gasteiger partial charge is 0.329 e. The van der Waals surface area contributed by atoms with E-state index in [0.717, 1.165) is 12.1 Å². The maximum Gasteiger partial charge on any atom is 0.329 e. The van der Waals surface area contributed by atoms with Crippen LogP contribution in [0.5, 0.6) is 5.75 Å². The third kappa shape index (κ3) is 5.87. The van der Waals surface area contributed by atoms with Gasteiger partial charge >= 0.3 is 5.97 Å². The molecule has 0 aliphatic heterocycles. The number of aromatic nitrogens is 2. The number of carbonyl (C=O) groups excluding carboxylic acids is 2. The number of nitrogens with one attached hydrogen (secondary N) is 1. The standard InChI is InChI=1S/C22H21ClN4O7/c1-12(2)19(25-21(28)16-8-7-14(27(30)31)10-17(16)23)22(29)33-11-18-24-20(26-34-18)13-5-4-6-15(9-13)32-3/h4-10,12,19H,11H2,1-3H3,(H,25,28). The van der Waals surface area contributed by atoms with Gasteiger partial charge in [-0.1, -0.05) is 42.7 Å². The van der Waals surface area contributed by atoms with Crippen LogP contribution in [-0.2, 0) is 16.1 Å². The van der Waals surface area contributed by atoms with Crippen LogP contribution in [-0.4, -0.2) is 40.1 Å². The van der Waals surface area contributed by atoms with Crippen LogP contribution in [0.1, 0.15) is 30.1 Å². The first kappa shape index (κ1) is 24.6. The van der Waals surface area contributed by atoms with Crippen LogP contribution in [0.3, 0.4) is 0 Å². The molecule has 3 rings (SSSR count). The minimum atomic E-state index is -1.01. The highest BCUT2D eigenvalue weighted by atomic mass is 35.5. The number of nitro benzene ring substituents is 1. The van der Waals surface area contributed by atoms with Gasteiger partial charge in [0.1, 0.15) is 11.8 Å². The first-order chi connectivity index (χ1) is 16.2. The van der Waals surface area contributed by atoms with Crippen molar-refractivity contribution in [2.45, 2.75) is 26.5 Å². The predicted molar refractivity (Wildman–Crippen MR) is 120 cm³/mol. The summed E-state index contributed by atoms with van der Waals surface area (Å²) < 4.78 is 15.6. The molecule has 1 N–H and O–H groups in total. The van der Waals surface area contributed by atoms with E-state index in [1.54, 1.807) is 45.2 Å². The summed E-state index contributed by atoms with van der Waals surface area (Å²) in [7, 11) is 1.54. The van der Waals surface area contributed by atoms with Crippen molar-refractivity contribution >= 4 is 29.2 Å². The molecule has 0 aliphatic carbocycles. The van der Waals surface area contributed by atoms with Crippen LogP contribution in [0.15, 0.2) is 47.0 Å². The number of esters is 1. The Morgan fingerprint density at radius 3 is 2.65 bits per heavy atom. The van der Waals surface area contributed by atoms with Gasteiger partial charge < -0.3 is 19.3 Å². The minimum absolute atomic E-state index is 0.00875. The summed E-state index contributed by atoms with van der Waals surface area (Å²) in [6.45, 7) is 3.14. The van der Waals surface area contributed by atoms with Crippen LogP contribution < -0.4 is 10.1 Å². The average molecular weight is 489 g/mol. The molecule has 0 bridgehead atoms. The van der Waals surface area contributed by atoms with Crippen LogP contribution in [0.4, 0.5) is 5.69 Å². The van der Waals surface area contributed by atoms with Crippen molar-refractivity contribution in [1.82, 2.24) is 15.5 Å². The molecule has 178 valence electrons. The number of hydrogen-bond acceptors (Lipinski definition) is 9. The Labute approximate surface area is 199 Å². The molecule has 1 aromatic heterocycles. The topological polar surface area (TPSA) is 147 Å². The highest BCUT2D eigenvalue weighted by Crippen LogP contribution is 2.23. The van der Waals surface area contributed by atoms with E-state index in [1.807, 2.05) is 0 Å². The van der Waals surface area contributed by atoms with Gasteiger partial charge in [0.15, 0.2) is 6.61 Å². The number of rotatable bonds is 9. The molecule has 0 aliphatic rings. The van der Waals surface area contributed by atoms with Gasteiger partial charge in [-0.3, -0.25) is 14.9 Å². The maximum atomic E-state index is 12.6. The van der Waals surface area contributed by atoms with E-state index >= 15 is 0 Å². The Morgan fingerprint density at radius 2 is 2.00 bits per heavy atom. The van der Waals surface area contributed by atoms with Crippen molar-refractivity contribution in [1.29, 1.82) is 0 Å². The molecule has 3 aromatic rings. The van der Waals surface area contributed by atoms with E-state index in [4.69, 9.17) is 25.6 Å². The Bertz CT molecular complexity index is 1210. The van der Waals surface area contributed by atoms with Gasteiger partial charge in [0.25, 0.3) is 17.5 Å². The zero-order valence-electron chi connectivity index (χ0n) is 18.5. The van der Waals surface area contributed by atoms with Crippen LogP contribution in [0.25, 0.3) is 11.4 Å². The summed E-state index contributed by atoms with van der Waals surface area (Å²) >= 11 is 6.01. The molecule has 1 amide bonds. The molecule has 2 aromatic carbocycles. The molecule has 0 saturated heterocycles. The van der Waals surface area contributed by atoms with Gasteiger partial charge in [-0.2, -0.15) is 4.98 Å². The lowest BCUT2D eigenvalue weighted by Crippen LogP contribution is -2.45. The van der Waals surface area contributed by atoms with Gasteiger partial charge in [-0.15, -0.1) is 0 Å². The van der Waals surface area contributed by atoms with Crippen molar-refractivity contribution < 1.29 is 28.5 Å². The Morgan fingerprint density at radius 1 is 1.24 bits per heavy atom. The third-order valence-corrected chi connectivity index (χ3v) is 5.06. The third-order valence-electron chi connectivity index (χ3n) is 4.75. The van der Waals surface area contributed by atoms with Gasteiger partial charge in [0.2, 0.25) is 5.82 Å². The molecule has 0 saturated carbocycles. The van der Waals surface area contributed by atoms with E-state index in [0.29, 0.717) is 17.1 Å². The molecular formula is C22H21ClN4O7. The van der Waals surface area contributed by atoms with Gasteiger partial charge in [-0.05, 0) is 24.1 Å². The molecule has 12 heteroatoms. The Balaban J connectivity index is 1.65. The van der Waals surface area contributed by atoms with Gasteiger partial charge in [0, 0.05) is 17.7 Å². The summed E-state index contributed by atoms with van der Waals surface area (Å²) in [5, 5.41) is 17.2. The molecule has 1 unspecified atom stereocenters. The second kappa shape index (κ2) is 10.8. The fraction of sp³-hybridized carbons (Fsp3) is 0.273. The molecule has 0 fully saturated rings. The first-order valence-corrected chi connectivity index (χ1v) is 10.5. The number of methoxy groups -OCH3 is 1. The van der Waals surface area contributed by atoms with E-state index in [2.05, 4.69) is 15.5 Å². The fourth-order valence-corrected chi connectivity index (χ4v) is 3.19. The normalized spacial score (nSPS) is 11.7. The molecule has 1 atom stereocenters. The summed E-state index contributed by atoms with van der Waals surface area (Å²) in [5.74, 6) is -0.733. The minimum Gasteiger partial charge on any atom is -0.497 e. The molecule has 1 heterocycles. The average Bonchev–Trinajstić information content (AvgIpc) is 3.29. The van der Waals surface area contributed by atoms with Crippen molar-refractivity contribution in [3.8, 4) is 17.1 Å². The second-order valence-corrected chi connectivity index (χ2v) is 7.87. The number of halogens is 1. The highest BCUT2D eigenvalue weighted by Gasteiger charge is 2.28. The highest BCUT2D eigenvalue weighted by molar-refractivity contribution is 6.34. The number of ether oxygens (including phenoxy) is 2. The number of non-ortho nitro benzene ring substituents is 1. The lowest BCUT2D eigenvalue weighted by atomic mass is 10.0. The Kier molecular flexibility index (Phi) is 7.79. The van der Waals surface area contributed by atoms with Crippen molar-refractivity contribution in [3.05, 3.63) is 69.1 Å². The van der Waals surface area contributed by atoms with Crippen LogP contribution >= 0.6 is 11.6 Å². The zero-order valence-corrected chi connectivity index (χ0v) is 19.2. The summed E-state index contributed by atoms with van der Waals surface area (Å²) in [6.07, 6.45) is 0. The Hall–Kier alpha value is -3.99. The maximum absolute atomic E-state index is 12.6. The number of amides is 1. The van der Waals surface area contributed by atoms with Crippen molar-refractivity contribution in [3.63, 3.8) is 0 Å². The summed E-state index contributed by atoms with van der Waals surface area (Å²) in [6, 6.07) is 9.48. The number of nitro groups is 1. The SMILES string of the molecule is COc1cccc(-c2noc(COC(=O)C(NC(=O)c3ccc([N+](=O)[O-])cc3Cl)C(C)C)n2)c1. The zero-order chi connectivity index (χ0) is 24.8. The van der Waals surface area contributed by atoms with Crippen LogP contribution in [0.2, 0.25) is 5.02 Å². The van der Waals surface area contributed by atoms with Crippen molar-refractivity contribution in [2.75, 3.05) is 7.11 Å². The van der Waals surface area contributed by atoms with E-state index < -0.39 is 22.8 Å². The quantitative estimate of drug-likeness (QED) is 0.269. The summed E-state index contributed by atoms with van der Waals surface area (Å²) in [4.78, 5) is 39.7. The lowest BCUT2D eigenvalue weighted by molar-refractivity contribution is -0.384. The first-order valence-electron chi connectivity index (χ1n) is 10.1. The van der Waals surface area contributed by atoms with E-state index in [9.17, 15) is 19.7 Å². The largest absolute Gasteiger partial charge is 0.497 e. The van der Waals surface area contributed by atoms with Gasteiger partial charge in [-0.25, -0.2) is 4.79 Å². The van der Waals surface area contributed by atoms with E-state index in [1.165, 1.54) is 6.07 Å². The molecule has 34 heavy (non-hydrogen) atoms.